The molecule has 17 heavy (non-hydrogen) atoms. The first-order chi connectivity index (χ1) is 8.36. The van der Waals surface area contributed by atoms with Gasteiger partial charge in [-0.05, 0) is 69.9 Å². The maximum Gasteiger partial charge on any atom is 0.0685 e. The van der Waals surface area contributed by atoms with E-state index in [0.29, 0.717) is 5.60 Å². The third-order valence-electron chi connectivity index (χ3n) is 5.18. The molecule has 1 saturated carbocycles. The van der Waals surface area contributed by atoms with Crippen LogP contribution >= 0.6 is 0 Å². The first-order valence-electron chi connectivity index (χ1n) is 7.71. The zero-order valence-corrected chi connectivity index (χ0v) is 11.0. The Hall–Kier alpha value is -0.0800. The van der Waals surface area contributed by atoms with Crippen LogP contribution in [0.25, 0.3) is 0 Å². The standard InChI is InChI=1S/C15H27NO/c1-2-7-15(6-1)11-13(5-9-17-15)10-14-4-3-8-16-12-14/h13-14,16H,1-12H2. The summed E-state index contributed by atoms with van der Waals surface area (Å²) in [5.41, 5.74) is 0.324. The van der Waals surface area contributed by atoms with Gasteiger partial charge in [0.05, 0.1) is 5.60 Å². The fourth-order valence-electron chi connectivity index (χ4n) is 4.29. The topological polar surface area (TPSA) is 21.3 Å². The predicted molar refractivity (Wildman–Crippen MR) is 70.1 cm³/mol. The van der Waals surface area contributed by atoms with E-state index in [1.165, 1.54) is 70.9 Å². The van der Waals surface area contributed by atoms with E-state index >= 15 is 0 Å². The molecule has 2 saturated heterocycles. The van der Waals surface area contributed by atoms with E-state index < -0.39 is 0 Å². The van der Waals surface area contributed by atoms with Gasteiger partial charge in [0.2, 0.25) is 0 Å². The van der Waals surface area contributed by atoms with Crippen molar-refractivity contribution in [3.8, 4) is 0 Å². The van der Waals surface area contributed by atoms with E-state index in [0.717, 1.165) is 18.4 Å². The molecule has 0 aromatic carbocycles. The van der Waals surface area contributed by atoms with Crippen molar-refractivity contribution in [3.63, 3.8) is 0 Å². The van der Waals surface area contributed by atoms with Crippen LogP contribution in [0.4, 0.5) is 0 Å². The van der Waals surface area contributed by atoms with Crippen molar-refractivity contribution < 1.29 is 4.74 Å². The van der Waals surface area contributed by atoms with Crippen molar-refractivity contribution in [1.29, 1.82) is 0 Å². The lowest BCUT2D eigenvalue weighted by molar-refractivity contribution is -0.0958. The molecule has 0 radical (unpaired) electrons. The molecule has 0 bridgehead atoms. The molecule has 1 aliphatic carbocycles. The van der Waals surface area contributed by atoms with Gasteiger partial charge in [-0.15, -0.1) is 0 Å². The zero-order valence-electron chi connectivity index (χ0n) is 11.0. The van der Waals surface area contributed by atoms with Gasteiger partial charge in [-0.2, -0.15) is 0 Å². The summed E-state index contributed by atoms with van der Waals surface area (Å²) in [4.78, 5) is 0. The van der Waals surface area contributed by atoms with Crippen LogP contribution in [-0.4, -0.2) is 25.3 Å². The second-order valence-corrected chi connectivity index (χ2v) is 6.55. The fourth-order valence-corrected chi connectivity index (χ4v) is 4.29. The molecule has 1 spiro atoms. The lowest BCUT2D eigenvalue weighted by Crippen LogP contribution is -2.39. The molecule has 3 aliphatic rings. The highest BCUT2D eigenvalue weighted by Gasteiger charge is 2.40. The summed E-state index contributed by atoms with van der Waals surface area (Å²) >= 11 is 0. The zero-order chi connectivity index (χ0) is 11.6. The van der Waals surface area contributed by atoms with Gasteiger partial charge in [-0.1, -0.05) is 12.8 Å². The summed E-state index contributed by atoms with van der Waals surface area (Å²) in [5, 5.41) is 3.55. The Morgan fingerprint density at radius 1 is 1.06 bits per heavy atom. The maximum absolute atomic E-state index is 6.13. The molecule has 2 aliphatic heterocycles. The van der Waals surface area contributed by atoms with Crippen molar-refractivity contribution in [2.24, 2.45) is 11.8 Å². The summed E-state index contributed by atoms with van der Waals surface area (Å²) in [6.45, 7) is 3.55. The average Bonchev–Trinajstić information content (AvgIpc) is 2.79. The molecule has 1 N–H and O–H groups in total. The molecule has 2 heteroatoms. The minimum absolute atomic E-state index is 0.324. The average molecular weight is 237 g/mol. The van der Waals surface area contributed by atoms with Gasteiger partial charge in [0.15, 0.2) is 0 Å². The molecular formula is C15H27NO. The van der Waals surface area contributed by atoms with Crippen LogP contribution in [-0.2, 0) is 4.74 Å². The number of piperidine rings is 1. The molecule has 0 aromatic rings. The van der Waals surface area contributed by atoms with Crippen molar-refractivity contribution in [2.75, 3.05) is 19.7 Å². The highest BCUT2D eigenvalue weighted by molar-refractivity contribution is 4.91. The van der Waals surface area contributed by atoms with Crippen LogP contribution in [0.1, 0.15) is 57.8 Å². The first kappa shape index (κ1) is 12.0. The van der Waals surface area contributed by atoms with E-state index in [2.05, 4.69) is 5.32 Å². The Morgan fingerprint density at radius 3 is 2.71 bits per heavy atom. The molecule has 0 amide bonds. The summed E-state index contributed by atoms with van der Waals surface area (Å²) in [5.74, 6) is 1.90. The summed E-state index contributed by atoms with van der Waals surface area (Å²) in [6, 6.07) is 0. The third-order valence-corrected chi connectivity index (χ3v) is 5.18. The van der Waals surface area contributed by atoms with Crippen molar-refractivity contribution >= 4 is 0 Å². The normalized spacial score (nSPS) is 37.4. The van der Waals surface area contributed by atoms with Gasteiger partial charge in [0.25, 0.3) is 0 Å². The van der Waals surface area contributed by atoms with Crippen LogP contribution in [0, 0.1) is 11.8 Å². The van der Waals surface area contributed by atoms with E-state index in [1.807, 2.05) is 0 Å². The molecule has 2 atom stereocenters. The van der Waals surface area contributed by atoms with E-state index in [-0.39, 0.29) is 0 Å². The smallest absolute Gasteiger partial charge is 0.0685 e. The molecule has 3 fully saturated rings. The third kappa shape index (κ3) is 2.85. The Morgan fingerprint density at radius 2 is 1.94 bits per heavy atom. The molecule has 3 rings (SSSR count). The highest BCUT2D eigenvalue weighted by Crippen LogP contribution is 2.43. The van der Waals surface area contributed by atoms with Crippen LogP contribution in [0.3, 0.4) is 0 Å². The summed E-state index contributed by atoms with van der Waals surface area (Å²) in [7, 11) is 0. The first-order valence-corrected chi connectivity index (χ1v) is 7.71. The van der Waals surface area contributed by atoms with Crippen LogP contribution in [0.5, 0.6) is 0 Å². The minimum Gasteiger partial charge on any atom is -0.375 e. The monoisotopic (exact) mass is 237 g/mol. The second kappa shape index (κ2) is 5.27. The number of nitrogens with one attached hydrogen (secondary N) is 1. The van der Waals surface area contributed by atoms with Crippen molar-refractivity contribution in [2.45, 2.75) is 63.4 Å². The molecule has 0 aromatic heterocycles. The summed E-state index contributed by atoms with van der Waals surface area (Å²) in [6.07, 6.45) is 12.5. The SMILES string of the molecule is C1CNCC(CC2CCOC3(CCCC3)C2)C1. The second-order valence-electron chi connectivity index (χ2n) is 6.55. The minimum atomic E-state index is 0.324. The number of hydrogen-bond acceptors (Lipinski definition) is 2. The fraction of sp³-hybridized carbons (Fsp3) is 1.00. The Labute approximate surface area is 105 Å². The Balaban J connectivity index is 1.52. The van der Waals surface area contributed by atoms with E-state index in [9.17, 15) is 0 Å². The lowest BCUT2D eigenvalue weighted by Gasteiger charge is -2.40. The van der Waals surface area contributed by atoms with E-state index in [1.54, 1.807) is 0 Å². The largest absolute Gasteiger partial charge is 0.375 e. The van der Waals surface area contributed by atoms with Crippen LogP contribution in [0.15, 0.2) is 0 Å². The number of ether oxygens (including phenoxy) is 1. The predicted octanol–water partition coefficient (Wildman–Crippen LogP) is 3.12. The lowest BCUT2D eigenvalue weighted by atomic mass is 9.78. The quantitative estimate of drug-likeness (QED) is 0.797. The van der Waals surface area contributed by atoms with Gasteiger partial charge < -0.3 is 10.1 Å². The van der Waals surface area contributed by atoms with Gasteiger partial charge in [0, 0.05) is 6.61 Å². The van der Waals surface area contributed by atoms with Gasteiger partial charge >= 0.3 is 0 Å². The van der Waals surface area contributed by atoms with Crippen LogP contribution in [0.2, 0.25) is 0 Å². The van der Waals surface area contributed by atoms with Gasteiger partial charge in [-0.25, -0.2) is 0 Å². The van der Waals surface area contributed by atoms with Crippen molar-refractivity contribution in [3.05, 3.63) is 0 Å². The molecule has 98 valence electrons. The number of rotatable bonds is 2. The molecular weight excluding hydrogens is 210 g/mol. The van der Waals surface area contributed by atoms with Crippen molar-refractivity contribution in [1.82, 2.24) is 5.32 Å². The Bertz CT molecular complexity index is 241. The Kier molecular flexibility index (Phi) is 3.72. The highest BCUT2D eigenvalue weighted by atomic mass is 16.5. The van der Waals surface area contributed by atoms with Gasteiger partial charge in [0.1, 0.15) is 0 Å². The van der Waals surface area contributed by atoms with E-state index in [4.69, 9.17) is 4.74 Å². The van der Waals surface area contributed by atoms with Gasteiger partial charge in [-0.3, -0.25) is 0 Å². The van der Waals surface area contributed by atoms with Crippen LogP contribution < -0.4 is 5.32 Å². The molecule has 2 heterocycles. The molecule has 2 unspecified atom stereocenters. The summed E-state index contributed by atoms with van der Waals surface area (Å²) < 4.78 is 6.13. The maximum atomic E-state index is 6.13. The number of hydrogen-bond donors (Lipinski definition) is 1. The molecule has 2 nitrogen and oxygen atoms in total.